The van der Waals surface area contributed by atoms with Crippen molar-refractivity contribution in [2.45, 2.75) is 99.5 Å². The Morgan fingerprint density at radius 1 is 0.781 bits per heavy atom. The SMILES string of the molecule is COC(=O)c1cn2c(cc1=O)-c1cc(Cl)c(OS(=O)(=O)C(F)(F)F)cc1[C@H]1CCC3(CC3)N12.COC(C)(C)C#Cc1cc2c(cc1Cl)-c1cc(=O)c(C(=O)O)cn1N1[C@@H]2CCC12CC2. The number of ether oxygens (including phenoxy) is 2. The van der Waals surface area contributed by atoms with Gasteiger partial charge in [0.05, 0.1) is 51.7 Å². The van der Waals surface area contributed by atoms with Crippen LogP contribution in [-0.2, 0) is 19.6 Å². The number of carbonyl (C=O) groups excluding carboxylic acids is 1. The number of pyridine rings is 2. The maximum absolute atomic E-state index is 12.8. The van der Waals surface area contributed by atoms with E-state index in [1.54, 1.807) is 11.8 Å². The first-order valence-electron chi connectivity index (χ1n) is 20.3. The minimum absolute atomic E-state index is 0.0332. The summed E-state index contributed by atoms with van der Waals surface area (Å²) in [6.45, 7) is 3.79. The Kier molecular flexibility index (Phi) is 10.1. The van der Waals surface area contributed by atoms with Crippen LogP contribution in [0.2, 0.25) is 10.0 Å². The Labute approximate surface area is 374 Å². The van der Waals surface area contributed by atoms with Crippen molar-refractivity contribution in [1.29, 1.82) is 0 Å². The smallest absolute Gasteiger partial charge is 0.477 e. The number of alkyl halides is 3. The van der Waals surface area contributed by atoms with E-state index in [2.05, 4.69) is 21.0 Å². The van der Waals surface area contributed by atoms with Crippen LogP contribution in [-0.4, -0.2) is 71.2 Å². The van der Waals surface area contributed by atoms with E-state index in [9.17, 15) is 45.9 Å². The fraction of sp³-hybridized carbons (Fsp3) is 0.409. The molecule has 2 saturated carbocycles. The number of fused-ring (bicyclic) bond motifs is 14. The zero-order valence-corrected chi connectivity index (χ0v) is 37.0. The molecule has 6 aliphatic rings. The van der Waals surface area contributed by atoms with Crippen molar-refractivity contribution in [3.63, 3.8) is 0 Å². The molecule has 20 heteroatoms. The lowest BCUT2D eigenvalue weighted by atomic mass is 9.92. The van der Waals surface area contributed by atoms with Crippen molar-refractivity contribution >= 4 is 45.3 Å². The number of aromatic carboxylic acids is 1. The lowest BCUT2D eigenvalue weighted by molar-refractivity contribution is -0.0500. The maximum atomic E-state index is 12.8. The van der Waals surface area contributed by atoms with Gasteiger partial charge in [-0.15, -0.1) is 0 Å². The van der Waals surface area contributed by atoms with Gasteiger partial charge in [-0.1, -0.05) is 35.0 Å². The van der Waals surface area contributed by atoms with Gasteiger partial charge in [0.15, 0.2) is 16.6 Å². The average molecular weight is 944 g/mol. The van der Waals surface area contributed by atoms with Gasteiger partial charge in [-0.2, -0.15) is 21.6 Å². The Hall–Kier alpha value is -5.48. The van der Waals surface area contributed by atoms with Crippen molar-refractivity contribution in [3.8, 4) is 40.1 Å². The highest BCUT2D eigenvalue weighted by atomic mass is 35.5. The number of methoxy groups -OCH3 is 2. The Bertz CT molecular complexity index is 3020. The van der Waals surface area contributed by atoms with Crippen LogP contribution >= 0.6 is 23.2 Å². The van der Waals surface area contributed by atoms with Crippen LogP contribution in [0.15, 0.2) is 58.4 Å². The summed E-state index contributed by atoms with van der Waals surface area (Å²) in [4.78, 5) is 48.9. The number of nitrogens with zero attached hydrogens (tertiary/aromatic N) is 4. The summed E-state index contributed by atoms with van der Waals surface area (Å²) >= 11 is 12.7. The molecular weight excluding hydrogens is 904 g/mol. The van der Waals surface area contributed by atoms with Gasteiger partial charge < -0.3 is 18.8 Å². The van der Waals surface area contributed by atoms with E-state index in [-0.39, 0.29) is 39.3 Å². The summed E-state index contributed by atoms with van der Waals surface area (Å²) in [5.41, 5.74) is -3.26. The molecule has 2 atom stereocenters. The molecule has 0 unspecified atom stereocenters. The highest BCUT2D eigenvalue weighted by Gasteiger charge is 2.59. The number of rotatable bonds is 5. The van der Waals surface area contributed by atoms with E-state index in [1.807, 2.05) is 35.7 Å². The number of halogens is 5. The summed E-state index contributed by atoms with van der Waals surface area (Å²) in [5.74, 6) is 3.63. The van der Waals surface area contributed by atoms with Gasteiger partial charge in [0.25, 0.3) is 0 Å². The van der Waals surface area contributed by atoms with Crippen molar-refractivity contribution in [1.82, 2.24) is 9.35 Å². The van der Waals surface area contributed by atoms with E-state index >= 15 is 0 Å². The number of aromatic nitrogens is 2. The predicted octanol–water partition coefficient (Wildman–Crippen LogP) is 7.47. The minimum atomic E-state index is -5.92. The first-order chi connectivity index (χ1) is 30.0. The van der Waals surface area contributed by atoms with E-state index in [0.29, 0.717) is 34.0 Å². The largest absolute Gasteiger partial charge is 0.534 e. The standard InChI is InChI=1S/C24H23ClN2O4.C20H16ClF3N2O6S/c1-23(2,31-3)6-4-14-10-15-16(11-18(14)25)20-12-21(28)17(22(29)30)13-26(20)27-19(15)5-7-24(27)8-9-24;1-31-18(28)12-9-25-15(8-16(12)27)10-6-13(21)17(32-33(29,30)20(22,23)24)7-11(10)14-2-3-19(4-5-19)26(14)25/h10-13,19H,5,7-9H2,1-3H3,(H,29,30);6-9,14H,2-5H2,1H3/t19-;14-/m11/s1. The number of carbonyl (C=O) groups is 2. The summed E-state index contributed by atoms with van der Waals surface area (Å²) in [7, 11) is -3.14. The first kappa shape index (κ1) is 43.8. The second-order valence-corrected chi connectivity index (χ2v) is 19.7. The summed E-state index contributed by atoms with van der Waals surface area (Å²) in [6.07, 6.45) is 10.1. The monoisotopic (exact) mass is 942 g/mol. The molecule has 0 radical (unpaired) electrons. The molecule has 4 fully saturated rings. The van der Waals surface area contributed by atoms with E-state index in [4.69, 9.17) is 32.7 Å². The Balaban J connectivity index is 0.000000162. The van der Waals surface area contributed by atoms with Gasteiger partial charge >= 0.3 is 27.6 Å². The molecule has 2 saturated heterocycles. The van der Waals surface area contributed by atoms with Crippen LogP contribution < -0.4 is 25.1 Å². The summed E-state index contributed by atoms with van der Waals surface area (Å²) in [6, 6.07) is 8.72. The second kappa shape index (κ2) is 14.8. The minimum Gasteiger partial charge on any atom is -0.477 e. The normalized spacial score (nSPS) is 20.0. The fourth-order valence-corrected chi connectivity index (χ4v) is 10.4. The van der Waals surface area contributed by atoms with E-state index < -0.39 is 49.8 Å². The number of carboxylic acid groups (broad SMARTS) is 1. The zero-order valence-electron chi connectivity index (χ0n) is 34.6. The maximum Gasteiger partial charge on any atom is 0.534 e. The topological polar surface area (TPSA) is 167 Å². The van der Waals surface area contributed by atoms with Crippen LogP contribution in [0.25, 0.3) is 22.5 Å². The van der Waals surface area contributed by atoms with Crippen LogP contribution in [0.5, 0.6) is 5.75 Å². The van der Waals surface area contributed by atoms with Gasteiger partial charge in [0, 0.05) is 48.3 Å². The average Bonchev–Trinajstić information content (AvgIpc) is 4.12. The van der Waals surface area contributed by atoms with Crippen molar-refractivity contribution in [2.75, 3.05) is 24.2 Å². The molecular formula is C44H39Cl2F3N4O10S. The number of benzene rings is 2. The van der Waals surface area contributed by atoms with E-state index in [1.165, 1.54) is 43.8 Å². The van der Waals surface area contributed by atoms with Crippen LogP contribution in [0, 0.1) is 11.8 Å². The third-order valence-electron chi connectivity index (χ3n) is 13.2. The molecule has 2 aromatic carbocycles. The highest BCUT2D eigenvalue weighted by Crippen LogP contribution is 2.60. The number of carboxylic acids is 1. The Morgan fingerprint density at radius 3 is 1.77 bits per heavy atom. The number of esters is 1. The van der Waals surface area contributed by atoms with Crippen LogP contribution in [0.3, 0.4) is 0 Å². The summed E-state index contributed by atoms with van der Waals surface area (Å²) in [5, 5.41) is 13.9. The van der Waals surface area contributed by atoms with Crippen molar-refractivity contribution in [2.24, 2.45) is 0 Å². The quantitative estimate of drug-likeness (QED) is 0.0910. The van der Waals surface area contributed by atoms with Gasteiger partial charge in [-0.3, -0.25) is 29.0 Å². The molecule has 2 aromatic heterocycles. The highest BCUT2D eigenvalue weighted by molar-refractivity contribution is 7.88. The van der Waals surface area contributed by atoms with Gasteiger partial charge in [-0.25, -0.2) is 9.59 Å². The molecule has 64 heavy (non-hydrogen) atoms. The van der Waals surface area contributed by atoms with E-state index in [0.717, 1.165) is 61.6 Å². The fourth-order valence-electron chi connectivity index (χ4n) is 9.50. The predicted molar refractivity (Wildman–Crippen MR) is 228 cm³/mol. The molecule has 2 spiro atoms. The van der Waals surface area contributed by atoms with Gasteiger partial charge in [0.1, 0.15) is 16.7 Å². The molecule has 0 bridgehead atoms. The van der Waals surface area contributed by atoms with Crippen molar-refractivity contribution in [3.05, 3.63) is 107 Å². The number of hydrogen-bond donors (Lipinski definition) is 1. The van der Waals surface area contributed by atoms with Gasteiger partial charge in [0.2, 0.25) is 0 Å². The summed E-state index contributed by atoms with van der Waals surface area (Å²) < 4.78 is 79.7. The number of hydrogen-bond acceptors (Lipinski definition) is 11. The zero-order chi connectivity index (χ0) is 46.1. The third kappa shape index (κ3) is 7.02. The molecule has 336 valence electrons. The molecule has 10 rings (SSSR count). The molecule has 14 nitrogen and oxygen atoms in total. The lowest BCUT2D eigenvalue weighted by Gasteiger charge is -2.41. The molecule has 4 aromatic rings. The molecule has 1 N–H and O–H groups in total. The van der Waals surface area contributed by atoms with Gasteiger partial charge in [-0.05, 0) is 101 Å². The molecule has 2 aliphatic carbocycles. The molecule has 0 amide bonds. The second-order valence-electron chi connectivity index (χ2n) is 17.3. The Morgan fingerprint density at radius 2 is 1.28 bits per heavy atom. The van der Waals surface area contributed by atoms with Crippen LogP contribution in [0.4, 0.5) is 13.2 Å². The van der Waals surface area contributed by atoms with Crippen LogP contribution in [0.1, 0.15) is 115 Å². The van der Waals surface area contributed by atoms with Crippen molar-refractivity contribution < 1.29 is 49.9 Å². The lowest BCUT2D eigenvalue weighted by Crippen LogP contribution is -2.46. The molecule has 4 aliphatic heterocycles. The first-order valence-corrected chi connectivity index (χ1v) is 22.4. The third-order valence-corrected chi connectivity index (χ3v) is 14.7. The molecule has 6 heterocycles.